The van der Waals surface area contributed by atoms with Gasteiger partial charge < -0.3 is 45.9 Å². The Morgan fingerprint density at radius 2 is 0.894 bits per heavy atom. The number of rotatable bonds is 12. The first-order valence-electron chi connectivity index (χ1n) is 24.9. The van der Waals surface area contributed by atoms with Crippen LogP contribution in [0.5, 0.6) is 0 Å². The molecule has 0 amide bonds. The summed E-state index contributed by atoms with van der Waals surface area (Å²) in [5.41, 5.74) is 15.7. The van der Waals surface area contributed by atoms with Gasteiger partial charge in [0.25, 0.3) is 0 Å². The van der Waals surface area contributed by atoms with Crippen molar-refractivity contribution in [1.29, 1.82) is 0 Å². The number of nitrogen functional groups attached to an aromatic ring is 1. The number of pyridine rings is 3. The number of esters is 2. The quantitative estimate of drug-likeness (QED) is 0.0340. The summed E-state index contributed by atoms with van der Waals surface area (Å²) in [5, 5.41) is 18.2. The van der Waals surface area contributed by atoms with Crippen molar-refractivity contribution in [2.24, 2.45) is 0 Å². The second-order valence-corrected chi connectivity index (χ2v) is 20.1. The SMILES string of the molecule is C.CCOC(=O)c1cc2cc(N)cc(Br)c2[nH]1.CCOC(=O)c1cc2cc(Nc3nccc(-c4ccccn4)n3)cc(Br)c2[nH]1.Cl.Clc1nccc(-c2ccccn2)n1.O=C(O)c1cc2cc(Nc3nccc(-c4ccccn4)n3)cc(Br)c2[nH]1. The highest BCUT2D eigenvalue weighted by Crippen LogP contribution is 2.32. The van der Waals surface area contributed by atoms with E-state index in [2.05, 4.69) is 118 Å². The lowest BCUT2D eigenvalue weighted by molar-refractivity contribution is 0.0511. The number of benzene rings is 3. The van der Waals surface area contributed by atoms with Gasteiger partial charge in [-0.3, -0.25) is 15.0 Å². The van der Waals surface area contributed by atoms with Gasteiger partial charge in [-0.15, -0.1) is 12.4 Å². The summed E-state index contributed by atoms with van der Waals surface area (Å²) in [6.07, 6.45) is 10.1. The molecule has 0 spiro atoms. The zero-order chi connectivity index (χ0) is 58.4. The lowest BCUT2D eigenvalue weighted by atomic mass is 10.2. The molecule has 0 saturated carbocycles. The van der Waals surface area contributed by atoms with E-state index in [-0.39, 0.29) is 42.7 Å². The van der Waals surface area contributed by atoms with Gasteiger partial charge in [0, 0.05) is 83.8 Å². The number of nitrogens with one attached hydrogen (secondary N) is 5. The minimum atomic E-state index is -1.01. The van der Waals surface area contributed by atoms with Crippen LogP contribution in [-0.2, 0) is 9.47 Å². The third kappa shape index (κ3) is 16.5. The molecule has 0 saturated heterocycles. The zero-order valence-corrected chi connectivity index (χ0v) is 50.3. The number of aromatic amines is 3. The average molecular weight is 1380 g/mol. The number of carboxylic acid groups (broad SMARTS) is 1. The van der Waals surface area contributed by atoms with Crippen LogP contribution < -0.4 is 16.4 Å². The lowest BCUT2D eigenvalue weighted by Crippen LogP contribution is -2.04. The molecule has 0 bridgehead atoms. The van der Waals surface area contributed by atoms with Crippen LogP contribution in [0.2, 0.25) is 5.28 Å². The number of aromatic carboxylic acids is 1. The number of hydrogen-bond donors (Lipinski definition) is 7. The smallest absolute Gasteiger partial charge is 0.354 e. The van der Waals surface area contributed by atoms with Crippen LogP contribution in [0.3, 0.4) is 0 Å². The molecule has 0 atom stereocenters. The molecular weight excluding hydrogens is 1330 g/mol. The molecule has 26 heteroatoms. The molecule has 0 unspecified atom stereocenters. The Morgan fingerprint density at radius 1 is 0.506 bits per heavy atom. The van der Waals surface area contributed by atoms with Gasteiger partial charge in [-0.2, -0.15) is 0 Å². The van der Waals surface area contributed by atoms with E-state index in [1.165, 1.54) is 0 Å². The molecule has 9 aromatic heterocycles. The molecule has 85 heavy (non-hydrogen) atoms. The van der Waals surface area contributed by atoms with Crippen molar-refractivity contribution < 1.29 is 29.0 Å². The van der Waals surface area contributed by atoms with E-state index >= 15 is 0 Å². The maximum Gasteiger partial charge on any atom is 0.354 e. The van der Waals surface area contributed by atoms with Crippen LogP contribution in [0.1, 0.15) is 52.7 Å². The largest absolute Gasteiger partial charge is 0.477 e. The number of H-pyrrole nitrogens is 3. The number of nitrogens with zero attached hydrogens (tertiary/aromatic N) is 9. The number of halogens is 5. The summed E-state index contributed by atoms with van der Waals surface area (Å²) in [6.45, 7) is 4.23. The summed E-state index contributed by atoms with van der Waals surface area (Å²) < 4.78 is 12.3. The average Bonchev–Trinajstić information content (AvgIpc) is 2.98. The van der Waals surface area contributed by atoms with E-state index in [0.29, 0.717) is 47.9 Å². The molecule has 3 aromatic carbocycles. The molecule has 0 fully saturated rings. The highest BCUT2D eigenvalue weighted by atomic mass is 79.9. The van der Waals surface area contributed by atoms with Crippen molar-refractivity contribution >= 4 is 151 Å². The molecular formula is C59H50Br3Cl2N15O6. The number of aromatic nitrogens is 12. The molecule has 0 aliphatic rings. The molecule has 12 rings (SSSR count). The summed E-state index contributed by atoms with van der Waals surface area (Å²) in [4.78, 5) is 81.7. The minimum absolute atomic E-state index is 0. The van der Waals surface area contributed by atoms with Gasteiger partial charge in [0.2, 0.25) is 17.2 Å². The summed E-state index contributed by atoms with van der Waals surface area (Å²) in [6, 6.07) is 38.4. The van der Waals surface area contributed by atoms with Crippen LogP contribution in [0, 0.1) is 0 Å². The van der Waals surface area contributed by atoms with Crippen molar-refractivity contribution in [3.05, 3.63) is 200 Å². The molecule has 8 N–H and O–H groups in total. The van der Waals surface area contributed by atoms with Crippen LogP contribution >= 0.6 is 71.8 Å². The molecule has 9 heterocycles. The van der Waals surface area contributed by atoms with E-state index in [1.54, 1.807) is 93.5 Å². The number of anilines is 5. The lowest BCUT2D eigenvalue weighted by Gasteiger charge is -2.07. The third-order valence-corrected chi connectivity index (χ3v) is 13.6. The Labute approximate surface area is 521 Å². The number of hydrogen-bond acceptors (Lipinski definition) is 17. The van der Waals surface area contributed by atoms with E-state index in [1.807, 2.05) is 84.9 Å². The van der Waals surface area contributed by atoms with Gasteiger partial charge >= 0.3 is 17.9 Å². The number of carbonyl (C=O) groups excluding carboxylic acids is 2. The van der Waals surface area contributed by atoms with Crippen molar-refractivity contribution in [2.45, 2.75) is 21.3 Å². The summed E-state index contributed by atoms with van der Waals surface area (Å²) >= 11 is 16.0. The third-order valence-electron chi connectivity index (χ3n) is 11.5. The Hall–Kier alpha value is -9.20. The second-order valence-electron chi connectivity index (χ2n) is 17.2. The van der Waals surface area contributed by atoms with Gasteiger partial charge in [0.05, 0.1) is 63.9 Å². The monoisotopic (exact) mass is 1370 g/mol. The highest BCUT2D eigenvalue weighted by Gasteiger charge is 2.16. The normalized spacial score (nSPS) is 10.4. The van der Waals surface area contributed by atoms with Gasteiger partial charge in [-0.25, -0.2) is 44.3 Å². The molecule has 0 aliphatic carbocycles. The topological polar surface area (TPSA) is 303 Å². The van der Waals surface area contributed by atoms with Crippen LogP contribution in [0.4, 0.5) is 29.0 Å². The number of nitrogens with two attached hydrogens (primary N) is 1. The Morgan fingerprint density at radius 3 is 1.29 bits per heavy atom. The Bertz CT molecular complexity index is 4260. The number of fused-ring (bicyclic) bond motifs is 3. The van der Waals surface area contributed by atoms with E-state index in [9.17, 15) is 14.4 Å². The fraction of sp³-hybridized carbons (Fsp3) is 0.0847. The second kappa shape index (κ2) is 29.9. The van der Waals surface area contributed by atoms with Gasteiger partial charge in [-0.1, -0.05) is 25.6 Å². The number of carboxylic acids is 1. The van der Waals surface area contributed by atoms with Crippen molar-refractivity contribution in [3.8, 4) is 34.2 Å². The fourth-order valence-electron chi connectivity index (χ4n) is 7.92. The molecule has 12 aromatic rings. The number of carbonyl (C=O) groups is 3. The molecule has 432 valence electrons. The standard InChI is InChI=1S/C20H16BrN5O2.C18H12BrN5O2.C11H11BrN2O2.C9H6ClN3.CH4.ClH/c1-2-28-19(27)17-10-12-9-13(11-14(21)18(12)25-17)24-20-23-8-6-16(26-20)15-5-3-4-7-22-15;19-12-9-11(7-10-8-15(17(25)26)23-16(10)12)22-18-21-6-4-14(24-18)13-3-1-2-5-20-13;1-2-16-11(15)9-4-6-3-7(13)5-8(12)10(6)14-9;10-9-12-6-4-8(13-9)7-3-1-2-5-11-7;;/h3-11,25H,2H2,1H3,(H,23,24,26);1-9,23H,(H,25,26)(H,21,22,24);3-5,14H,2,13H2,1H3;1-6H;1H4;1H. The van der Waals surface area contributed by atoms with Gasteiger partial charge in [0.15, 0.2) is 0 Å². The van der Waals surface area contributed by atoms with E-state index < -0.39 is 5.97 Å². The fourth-order valence-corrected chi connectivity index (χ4v) is 9.81. The van der Waals surface area contributed by atoms with Crippen LogP contribution in [-0.4, -0.2) is 96.0 Å². The van der Waals surface area contributed by atoms with E-state index in [4.69, 9.17) is 31.9 Å². The van der Waals surface area contributed by atoms with Crippen LogP contribution in [0.25, 0.3) is 66.9 Å². The Kier molecular flexibility index (Phi) is 22.3. The van der Waals surface area contributed by atoms with Crippen molar-refractivity contribution in [2.75, 3.05) is 29.6 Å². The van der Waals surface area contributed by atoms with Crippen molar-refractivity contribution in [1.82, 2.24) is 59.8 Å². The Balaban J connectivity index is 0.000000168. The predicted octanol–water partition coefficient (Wildman–Crippen LogP) is 14.9. The molecule has 0 aliphatic heterocycles. The van der Waals surface area contributed by atoms with Crippen molar-refractivity contribution in [3.63, 3.8) is 0 Å². The maximum atomic E-state index is 12.0. The minimum Gasteiger partial charge on any atom is -0.477 e. The molecule has 21 nitrogen and oxygen atoms in total. The van der Waals surface area contributed by atoms with Gasteiger partial charge in [-0.05, 0) is 182 Å². The summed E-state index contributed by atoms with van der Waals surface area (Å²) in [7, 11) is 0. The first-order chi connectivity index (χ1) is 40.2. The number of ether oxygens (including phenoxy) is 2. The highest BCUT2D eigenvalue weighted by molar-refractivity contribution is 9.11. The van der Waals surface area contributed by atoms with Crippen LogP contribution in [0.15, 0.2) is 178 Å². The summed E-state index contributed by atoms with van der Waals surface area (Å²) in [5.74, 6) is -0.867. The predicted molar refractivity (Wildman–Crippen MR) is 343 cm³/mol. The molecule has 0 radical (unpaired) electrons. The first kappa shape index (κ1) is 63.4. The maximum absolute atomic E-state index is 12.0. The van der Waals surface area contributed by atoms with Gasteiger partial charge in [0.1, 0.15) is 17.1 Å². The zero-order valence-electron chi connectivity index (χ0n) is 44.0. The first-order valence-corrected chi connectivity index (χ1v) is 27.7. The van der Waals surface area contributed by atoms with E-state index in [0.717, 1.165) is 86.0 Å².